The lowest BCUT2D eigenvalue weighted by Crippen LogP contribution is -2.14. The molecule has 0 aliphatic carbocycles. The molecule has 5 nitrogen and oxygen atoms in total. The molecule has 5 heteroatoms. The SMILES string of the molecule is CC(=O)c1ccc(OCC(=O)OCc2cc3ccccc3o2)cc1. The van der Waals surface area contributed by atoms with Crippen molar-refractivity contribution in [3.8, 4) is 5.75 Å². The van der Waals surface area contributed by atoms with Gasteiger partial charge in [0.05, 0.1) is 0 Å². The van der Waals surface area contributed by atoms with Crippen LogP contribution >= 0.6 is 0 Å². The number of benzene rings is 2. The van der Waals surface area contributed by atoms with Crippen molar-refractivity contribution < 1.29 is 23.5 Å². The van der Waals surface area contributed by atoms with Gasteiger partial charge in [0.1, 0.15) is 23.7 Å². The summed E-state index contributed by atoms with van der Waals surface area (Å²) in [5.41, 5.74) is 1.35. The van der Waals surface area contributed by atoms with Crippen LogP contribution in [-0.4, -0.2) is 18.4 Å². The quantitative estimate of drug-likeness (QED) is 0.510. The molecule has 1 heterocycles. The van der Waals surface area contributed by atoms with Crippen LogP contribution in [0.2, 0.25) is 0 Å². The van der Waals surface area contributed by atoms with Gasteiger partial charge in [0, 0.05) is 10.9 Å². The zero-order chi connectivity index (χ0) is 16.9. The maximum atomic E-state index is 11.7. The summed E-state index contributed by atoms with van der Waals surface area (Å²) in [5, 5.41) is 0.963. The minimum absolute atomic E-state index is 0.0215. The summed E-state index contributed by atoms with van der Waals surface area (Å²) in [6.07, 6.45) is 0. The second kappa shape index (κ2) is 7.00. The third-order valence-corrected chi connectivity index (χ3v) is 3.47. The Kier molecular flexibility index (Phi) is 4.61. The van der Waals surface area contributed by atoms with Crippen LogP contribution in [0.15, 0.2) is 59.0 Å². The van der Waals surface area contributed by atoms with E-state index in [1.807, 2.05) is 30.3 Å². The van der Waals surface area contributed by atoms with Crippen LogP contribution in [0.5, 0.6) is 5.75 Å². The Bertz CT molecular complexity index is 828. The van der Waals surface area contributed by atoms with Gasteiger partial charge in [-0.25, -0.2) is 4.79 Å². The second-order valence-electron chi connectivity index (χ2n) is 5.28. The summed E-state index contributed by atoms with van der Waals surface area (Å²) in [4.78, 5) is 22.9. The third-order valence-electron chi connectivity index (χ3n) is 3.47. The Balaban J connectivity index is 1.49. The van der Waals surface area contributed by atoms with E-state index in [2.05, 4.69) is 0 Å². The lowest BCUT2D eigenvalue weighted by molar-refractivity contribution is -0.147. The van der Waals surface area contributed by atoms with Crippen molar-refractivity contribution in [3.05, 3.63) is 65.9 Å². The first-order valence-electron chi connectivity index (χ1n) is 7.49. The standard InChI is InChI=1S/C19H16O5/c1-13(20)14-6-8-16(9-7-14)22-12-19(21)23-11-17-10-15-4-2-3-5-18(15)24-17/h2-10H,11-12H2,1H3. The van der Waals surface area contributed by atoms with Gasteiger partial charge in [-0.05, 0) is 43.3 Å². The summed E-state index contributed by atoms with van der Waals surface area (Å²) < 4.78 is 16.0. The molecule has 0 aliphatic rings. The first-order chi connectivity index (χ1) is 11.6. The topological polar surface area (TPSA) is 65.7 Å². The van der Waals surface area contributed by atoms with Crippen molar-refractivity contribution in [2.24, 2.45) is 0 Å². The molecule has 0 spiro atoms. The van der Waals surface area contributed by atoms with Crippen molar-refractivity contribution in [3.63, 3.8) is 0 Å². The number of carbonyl (C=O) groups excluding carboxylic acids is 2. The summed E-state index contributed by atoms with van der Waals surface area (Å²) >= 11 is 0. The molecule has 24 heavy (non-hydrogen) atoms. The Morgan fingerprint density at radius 1 is 1.04 bits per heavy atom. The molecule has 0 atom stereocenters. The molecule has 0 saturated heterocycles. The van der Waals surface area contributed by atoms with Crippen LogP contribution in [0.1, 0.15) is 23.0 Å². The van der Waals surface area contributed by atoms with Gasteiger partial charge in [0.15, 0.2) is 12.4 Å². The monoisotopic (exact) mass is 324 g/mol. The number of carbonyl (C=O) groups is 2. The number of rotatable bonds is 6. The van der Waals surface area contributed by atoms with E-state index < -0.39 is 5.97 Å². The number of ether oxygens (including phenoxy) is 2. The smallest absolute Gasteiger partial charge is 0.344 e. The van der Waals surface area contributed by atoms with Crippen LogP contribution in [0.3, 0.4) is 0 Å². The highest BCUT2D eigenvalue weighted by atomic mass is 16.6. The molecule has 3 rings (SSSR count). The molecule has 122 valence electrons. The van der Waals surface area contributed by atoms with Gasteiger partial charge in [-0.2, -0.15) is 0 Å². The Morgan fingerprint density at radius 3 is 2.50 bits per heavy atom. The highest BCUT2D eigenvalue weighted by Crippen LogP contribution is 2.19. The third kappa shape index (κ3) is 3.81. The molecular formula is C19H16O5. The van der Waals surface area contributed by atoms with Gasteiger partial charge < -0.3 is 13.9 Å². The van der Waals surface area contributed by atoms with E-state index in [-0.39, 0.29) is 19.0 Å². The lowest BCUT2D eigenvalue weighted by atomic mass is 10.1. The predicted molar refractivity (Wildman–Crippen MR) is 88.0 cm³/mol. The summed E-state index contributed by atoms with van der Waals surface area (Å²) in [7, 11) is 0. The molecule has 0 bridgehead atoms. The lowest BCUT2D eigenvalue weighted by Gasteiger charge is -2.06. The molecule has 0 N–H and O–H groups in total. The predicted octanol–water partition coefficient (Wildman–Crippen LogP) is 3.76. The van der Waals surface area contributed by atoms with Crippen molar-refractivity contribution in [1.82, 2.24) is 0 Å². The number of fused-ring (bicyclic) bond motifs is 1. The van der Waals surface area contributed by atoms with Gasteiger partial charge >= 0.3 is 5.97 Å². The van der Waals surface area contributed by atoms with Crippen molar-refractivity contribution in [1.29, 1.82) is 0 Å². The number of Topliss-reactive ketones (excluding diaryl/α,β-unsaturated/α-hetero) is 1. The molecule has 0 amide bonds. The Labute approximate surface area is 138 Å². The number of hydrogen-bond donors (Lipinski definition) is 0. The fourth-order valence-corrected chi connectivity index (χ4v) is 2.23. The van der Waals surface area contributed by atoms with Crippen molar-refractivity contribution >= 4 is 22.7 Å². The molecule has 0 unspecified atom stereocenters. The van der Waals surface area contributed by atoms with Crippen LogP contribution < -0.4 is 4.74 Å². The van der Waals surface area contributed by atoms with E-state index in [9.17, 15) is 9.59 Å². The average Bonchev–Trinajstić information content (AvgIpc) is 3.01. The zero-order valence-electron chi connectivity index (χ0n) is 13.2. The molecular weight excluding hydrogens is 308 g/mol. The average molecular weight is 324 g/mol. The highest BCUT2D eigenvalue weighted by Gasteiger charge is 2.08. The molecule has 0 aliphatic heterocycles. The molecule has 3 aromatic rings. The highest BCUT2D eigenvalue weighted by molar-refractivity contribution is 5.94. The minimum Gasteiger partial charge on any atom is -0.482 e. The summed E-state index contributed by atoms with van der Waals surface area (Å²) in [5.74, 6) is 0.564. The molecule has 0 radical (unpaired) electrons. The van der Waals surface area contributed by atoms with Gasteiger partial charge in [0.2, 0.25) is 0 Å². The second-order valence-corrected chi connectivity index (χ2v) is 5.28. The Morgan fingerprint density at radius 2 is 1.79 bits per heavy atom. The molecule has 0 fully saturated rings. The van der Waals surface area contributed by atoms with Crippen molar-refractivity contribution in [2.45, 2.75) is 13.5 Å². The fraction of sp³-hybridized carbons (Fsp3) is 0.158. The van der Waals surface area contributed by atoms with Gasteiger partial charge in [-0.1, -0.05) is 18.2 Å². The van der Waals surface area contributed by atoms with Crippen molar-refractivity contribution in [2.75, 3.05) is 6.61 Å². The van der Waals surface area contributed by atoms with E-state index in [1.165, 1.54) is 6.92 Å². The number of furan rings is 1. The molecule has 0 saturated carbocycles. The van der Waals surface area contributed by atoms with Gasteiger partial charge in [-0.3, -0.25) is 4.79 Å². The minimum atomic E-state index is -0.494. The zero-order valence-corrected chi connectivity index (χ0v) is 13.2. The van der Waals surface area contributed by atoms with Gasteiger partial charge in [0.25, 0.3) is 0 Å². The van der Waals surface area contributed by atoms with Crippen LogP contribution in [0, 0.1) is 0 Å². The van der Waals surface area contributed by atoms with Gasteiger partial charge in [-0.15, -0.1) is 0 Å². The van der Waals surface area contributed by atoms with Crippen LogP contribution in [-0.2, 0) is 16.1 Å². The first kappa shape index (κ1) is 15.8. The van der Waals surface area contributed by atoms with E-state index in [1.54, 1.807) is 24.3 Å². The number of para-hydroxylation sites is 1. The van der Waals surface area contributed by atoms with E-state index >= 15 is 0 Å². The number of hydrogen-bond acceptors (Lipinski definition) is 5. The molecule has 2 aromatic carbocycles. The van der Waals surface area contributed by atoms with E-state index in [4.69, 9.17) is 13.9 Å². The maximum absolute atomic E-state index is 11.7. The molecule has 1 aromatic heterocycles. The number of esters is 1. The van der Waals surface area contributed by atoms with Crippen LogP contribution in [0.4, 0.5) is 0 Å². The van der Waals surface area contributed by atoms with E-state index in [0.717, 1.165) is 11.0 Å². The number of ketones is 1. The van der Waals surface area contributed by atoms with Crippen LogP contribution in [0.25, 0.3) is 11.0 Å². The summed E-state index contributed by atoms with van der Waals surface area (Å²) in [6.45, 7) is 1.34. The fourth-order valence-electron chi connectivity index (χ4n) is 2.23. The Hall–Kier alpha value is -3.08. The normalized spacial score (nSPS) is 10.5. The summed E-state index contributed by atoms with van der Waals surface area (Å²) in [6, 6.07) is 16.0. The maximum Gasteiger partial charge on any atom is 0.344 e. The van der Waals surface area contributed by atoms with E-state index in [0.29, 0.717) is 17.1 Å². The largest absolute Gasteiger partial charge is 0.482 e. The first-order valence-corrected chi connectivity index (χ1v) is 7.49.